The normalized spacial score (nSPS) is 17.7. The molecule has 0 bridgehead atoms. The van der Waals surface area contributed by atoms with Crippen molar-refractivity contribution in [3.63, 3.8) is 0 Å². The first-order valence-electron chi connectivity index (χ1n) is 11.5. The summed E-state index contributed by atoms with van der Waals surface area (Å²) in [6, 6.07) is 16.4. The van der Waals surface area contributed by atoms with E-state index in [1.165, 1.54) is 22.7 Å². The van der Waals surface area contributed by atoms with Gasteiger partial charge in [0.25, 0.3) is 5.91 Å². The van der Waals surface area contributed by atoms with Gasteiger partial charge in [-0.05, 0) is 23.3 Å². The molecular formula is C25H30FN5O2. The largest absolute Gasteiger partial charge is 0.350 e. The van der Waals surface area contributed by atoms with Gasteiger partial charge in [-0.25, -0.2) is 9.40 Å². The van der Waals surface area contributed by atoms with Crippen molar-refractivity contribution in [3.05, 3.63) is 71.5 Å². The number of hydrazone groups is 1. The fourth-order valence-corrected chi connectivity index (χ4v) is 4.09. The van der Waals surface area contributed by atoms with Crippen LogP contribution in [0.5, 0.6) is 0 Å². The molecule has 0 unspecified atom stereocenters. The molecular weight excluding hydrogens is 421 g/mol. The summed E-state index contributed by atoms with van der Waals surface area (Å²) in [4.78, 5) is 29.6. The third-order valence-corrected chi connectivity index (χ3v) is 6.04. The van der Waals surface area contributed by atoms with E-state index < -0.39 is 0 Å². The first-order valence-corrected chi connectivity index (χ1v) is 11.5. The van der Waals surface area contributed by atoms with Crippen LogP contribution < -0.4 is 5.32 Å². The lowest BCUT2D eigenvalue weighted by molar-refractivity contribution is -0.132. The Kier molecular flexibility index (Phi) is 7.80. The molecule has 2 aliphatic heterocycles. The SMILES string of the molecule is O=C(NCCN1CCN(Cc2ccccc2)CC1)C1=NN(Cc2ccc(F)cc2)C(=O)CC1. The van der Waals surface area contributed by atoms with Crippen molar-refractivity contribution in [2.24, 2.45) is 5.10 Å². The number of benzene rings is 2. The predicted octanol–water partition coefficient (Wildman–Crippen LogP) is 2.24. The predicted molar refractivity (Wildman–Crippen MR) is 125 cm³/mol. The van der Waals surface area contributed by atoms with Gasteiger partial charge in [0.15, 0.2) is 0 Å². The summed E-state index contributed by atoms with van der Waals surface area (Å²) in [6.45, 7) is 6.50. The minimum Gasteiger partial charge on any atom is -0.350 e. The smallest absolute Gasteiger partial charge is 0.267 e. The zero-order chi connectivity index (χ0) is 23.0. The van der Waals surface area contributed by atoms with Gasteiger partial charge in [0.1, 0.15) is 11.5 Å². The molecule has 1 saturated heterocycles. The monoisotopic (exact) mass is 451 g/mol. The molecule has 2 aromatic carbocycles. The van der Waals surface area contributed by atoms with Crippen molar-refractivity contribution in [1.82, 2.24) is 20.1 Å². The van der Waals surface area contributed by atoms with Crippen LogP contribution in [0.4, 0.5) is 4.39 Å². The number of carbonyl (C=O) groups excluding carboxylic acids is 2. The van der Waals surface area contributed by atoms with Crippen LogP contribution in [0.15, 0.2) is 59.7 Å². The van der Waals surface area contributed by atoms with Gasteiger partial charge >= 0.3 is 0 Å². The fraction of sp³-hybridized carbons (Fsp3) is 0.400. The molecule has 0 aliphatic carbocycles. The second kappa shape index (κ2) is 11.2. The molecule has 2 amide bonds. The van der Waals surface area contributed by atoms with E-state index in [-0.39, 0.29) is 30.6 Å². The van der Waals surface area contributed by atoms with E-state index in [9.17, 15) is 14.0 Å². The Hall–Kier alpha value is -3.10. The molecule has 2 heterocycles. The number of carbonyl (C=O) groups is 2. The Bertz CT molecular complexity index is 972. The lowest BCUT2D eigenvalue weighted by atomic mass is 10.1. The number of halogens is 1. The lowest BCUT2D eigenvalue weighted by Crippen LogP contribution is -2.48. The van der Waals surface area contributed by atoms with Crippen LogP contribution >= 0.6 is 0 Å². The first kappa shape index (κ1) is 23.1. The second-order valence-corrected chi connectivity index (χ2v) is 8.48. The van der Waals surface area contributed by atoms with Gasteiger partial charge in [0.05, 0.1) is 6.54 Å². The van der Waals surface area contributed by atoms with Crippen molar-refractivity contribution in [2.45, 2.75) is 25.9 Å². The summed E-state index contributed by atoms with van der Waals surface area (Å²) in [5.74, 6) is -0.691. The van der Waals surface area contributed by atoms with Crippen LogP contribution in [0.2, 0.25) is 0 Å². The van der Waals surface area contributed by atoms with E-state index in [1.807, 2.05) is 6.07 Å². The van der Waals surface area contributed by atoms with Crippen molar-refractivity contribution >= 4 is 17.5 Å². The summed E-state index contributed by atoms with van der Waals surface area (Å²) >= 11 is 0. The highest BCUT2D eigenvalue weighted by Gasteiger charge is 2.25. The zero-order valence-corrected chi connectivity index (χ0v) is 18.8. The van der Waals surface area contributed by atoms with Crippen LogP contribution in [0.25, 0.3) is 0 Å². The van der Waals surface area contributed by atoms with E-state index in [2.05, 4.69) is 44.5 Å². The Morgan fingerprint density at radius 2 is 1.55 bits per heavy atom. The van der Waals surface area contributed by atoms with Gasteiger partial charge in [-0.1, -0.05) is 42.5 Å². The third-order valence-electron chi connectivity index (χ3n) is 6.04. The minimum atomic E-state index is -0.329. The van der Waals surface area contributed by atoms with Crippen LogP contribution in [0, 0.1) is 5.82 Å². The Morgan fingerprint density at radius 1 is 0.879 bits per heavy atom. The van der Waals surface area contributed by atoms with Crippen molar-refractivity contribution in [3.8, 4) is 0 Å². The number of hydrogen-bond acceptors (Lipinski definition) is 5. The number of nitrogens with one attached hydrogen (secondary N) is 1. The molecule has 0 aromatic heterocycles. The number of piperazine rings is 1. The van der Waals surface area contributed by atoms with Crippen LogP contribution in [-0.2, 0) is 22.7 Å². The Labute approximate surface area is 193 Å². The Balaban J connectivity index is 1.20. The highest BCUT2D eigenvalue weighted by Crippen LogP contribution is 2.14. The standard InChI is InChI=1S/C25H30FN5O2/c26-22-8-6-21(7-9-22)19-31-24(32)11-10-23(28-31)25(33)27-12-13-29-14-16-30(17-15-29)18-20-4-2-1-3-5-20/h1-9H,10-19H2,(H,27,33). The molecule has 174 valence electrons. The van der Waals surface area contributed by atoms with Gasteiger partial charge < -0.3 is 5.32 Å². The Morgan fingerprint density at radius 3 is 2.27 bits per heavy atom. The lowest BCUT2D eigenvalue weighted by Gasteiger charge is -2.34. The summed E-state index contributed by atoms with van der Waals surface area (Å²) < 4.78 is 13.1. The number of rotatable bonds is 8. The number of nitrogens with zero attached hydrogens (tertiary/aromatic N) is 4. The van der Waals surface area contributed by atoms with E-state index in [0.29, 0.717) is 18.7 Å². The third kappa shape index (κ3) is 6.69. The molecule has 1 N–H and O–H groups in total. The van der Waals surface area contributed by atoms with Crippen molar-refractivity contribution < 1.29 is 14.0 Å². The molecule has 33 heavy (non-hydrogen) atoms. The van der Waals surface area contributed by atoms with E-state index in [0.717, 1.165) is 44.8 Å². The molecule has 1 fully saturated rings. The highest BCUT2D eigenvalue weighted by molar-refractivity contribution is 6.39. The molecule has 0 saturated carbocycles. The van der Waals surface area contributed by atoms with Gasteiger partial charge in [-0.15, -0.1) is 0 Å². The number of hydrogen-bond donors (Lipinski definition) is 1. The fourth-order valence-electron chi connectivity index (χ4n) is 4.09. The molecule has 0 spiro atoms. The first-order chi connectivity index (χ1) is 16.1. The van der Waals surface area contributed by atoms with Gasteiger partial charge in [-0.2, -0.15) is 5.10 Å². The number of amides is 2. The van der Waals surface area contributed by atoms with E-state index in [1.54, 1.807) is 12.1 Å². The zero-order valence-electron chi connectivity index (χ0n) is 18.8. The van der Waals surface area contributed by atoms with Gasteiger partial charge in [-0.3, -0.25) is 19.4 Å². The molecule has 0 radical (unpaired) electrons. The van der Waals surface area contributed by atoms with Crippen LogP contribution in [0.3, 0.4) is 0 Å². The molecule has 8 heteroatoms. The van der Waals surface area contributed by atoms with E-state index >= 15 is 0 Å². The average molecular weight is 452 g/mol. The van der Waals surface area contributed by atoms with Crippen molar-refractivity contribution in [2.75, 3.05) is 39.3 Å². The molecule has 2 aliphatic rings. The highest BCUT2D eigenvalue weighted by atomic mass is 19.1. The summed E-state index contributed by atoms with van der Waals surface area (Å²) in [6.07, 6.45) is 0.583. The van der Waals surface area contributed by atoms with Gasteiger partial charge in [0.2, 0.25) is 5.91 Å². The second-order valence-electron chi connectivity index (χ2n) is 8.48. The summed E-state index contributed by atoms with van der Waals surface area (Å²) in [7, 11) is 0. The quantitative estimate of drug-likeness (QED) is 0.669. The van der Waals surface area contributed by atoms with E-state index in [4.69, 9.17) is 0 Å². The van der Waals surface area contributed by atoms with Crippen LogP contribution in [0.1, 0.15) is 24.0 Å². The van der Waals surface area contributed by atoms with Crippen molar-refractivity contribution in [1.29, 1.82) is 0 Å². The van der Waals surface area contributed by atoms with Crippen LogP contribution in [-0.4, -0.2) is 71.6 Å². The maximum absolute atomic E-state index is 13.1. The maximum atomic E-state index is 13.1. The average Bonchev–Trinajstić information content (AvgIpc) is 2.83. The molecule has 2 aromatic rings. The summed E-state index contributed by atoms with van der Waals surface area (Å²) in [5.41, 5.74) is 2.46. The topological polar surface area (TPSA) is 68.2 Å². The maximum Gasteiger partial charge on any atom is 0.267 e. The molecule has 7 nitrogen and oxygen atoms in total. The molecule has 4 rings (SSSR count). The molecule has 0 atom stereocenters. The summed E-state index contributed by atoms with van der Waals surface area (Å²) in [5, 5.41) is 8.52. The van der Waals surface area contributed by atoms with Gasteiger partial charge in [0, 0.05) is 58.7 Å². The minimum absolute atomic E-state index is 0.135.